The summed E-state index contributed by atoms with van der Waals surface area (Å²) in [5.41, 5.74) is 4.89. The number of aromatic nitrogens is 8. The molecule has 0 fully saturated rings. The fraction of sp³-hybridized carbons (Fsp3) is 0.0417. The maximum absolute atomic E-state index is 12.4. The van der Waals surface area contributed by atoms with E-state index in [1.807, 2.05) is 35.9 Å². The first-order valence-electron chi connectivity index (χ1n) is 10.9. The van der Waals surface area contributed by atoms with Gasteiger partial charge in [0, 0.05) is 41.5 Å². The lowest BCUT2D eigenvalue weighted by molar-refractivity contribution is 0.261. The molecule has 1 aromatic carbocycles. The number of carbonyl (C=O) groups is 1. The Balaban J connectivity index is 1.16. The molecule has 12 heteroatoms. The largest absolute Gasteiger partial charge is 0.338 e. The molecule has 0 radical (unpaired) electrons. The van der Waals surface area contributed by atoms with E-state index in [4.69, 9.17) is 4.52 Å². The Morgan fingerprint density at radius 1 is 1.06 bits per heavy atom. The molecule has 0 atom stereocenters. The van der Waals surface area contributed by atoms with Crippen molar-refractivity contribution in [2.75, 3.05) is 10.6 Å². The van der Waals surface area contributed by atoms with Crippen molar-refractivity contribution < 1.29 is 9.32 Å². The van der Waals surface area contributed by atoms with Crippen molar-refractivity contribution in [2.45, 2.75) is 6.92 Å². The molecule has 0 aliphatic carbocycles. The number of amides is 2. The van der Waals surface area contributed by atoms with Gasteiger partial charge in [0.25, 0.3) is 0 Å². The lowest BCUT2D eigenvalue weighted by atomic mass is 10.2. The molecular weight excluding hydrogens is 460 g/mol. The second kappa shape index (κ2) is 8.76. The number of benzene rings is 1. The van der Waals surface area contributed by atoms with Crippen molar-refractivity contribution in [3.63, 3.8) is 0 Å². The van der Waals surface area contributed by atoms with Crippen molar-refractivity contribution in [1.82, 2.24) is 39.6 Å². The Hall–Kier alpha value is -5.39. The van der Waals surface area contributed by atoms with Crippen LogP contribution >= 0.6 is 0 Å². The molecule has 0 aliphatic heterocycles. The molecule has 6 rings (SSSR count). The van der Waals surface area contributed by atoms with Gasteiger partial charge in [-0.05, 0) is 43.3 Å². The zero-order valence-corrected chi connectivity index (χ0v) is 18.9. The zero-order valence-electron chi connectivity index (χ0n) is 18.9. The van der Waals surface area contributed by atoms with Gasteiger partial charge in [-0.15, -0.1) is 0 Å². The molecule has 3 N–H and O–H groups in total. The van der Waals surface area contributed by atoms with E-state index >= 15 is 0 Å². The lowest BCUT2D eigenvalue weighted by Gasteiger charge is -2.05. The Morgan fingerprint density at radius 3 is 2.72 bits per heavy atom. The molecule has 2 amide bonds. The van der Waals surface area contributed by atoms with Crippen molar-refractivity contribution in [3.05, 3.63) is 79.4 Å². The number of imidazole rings is 2. The highest BCUT2D eigenvalue weighted by Gasteiger charge is 2.14. The third-order valence-corrected chi connectivity index (χ3v) is 5.35. The van der Waals surface area contributed by atoms with E-state index in [2.05, 4.69) is 45.7 Å². The first-order chi connectivity index (χ1) is 17.6. The van der Waals surface area contributed by atoms with Gasteiger partial charge in [0.15, 0.2) is 11.5 Å². The summed E-state index contributed by atoms with van der Waals surface area (Å²) in [6.45, 7) is 1.91. The summed E-state index contributed by atoms with van der Waals surface area (Å²) in [4.78, 5) is 37.2. The van der Waals surface area contributed by atoms with Crippen LogP contribution in [0.25, 0.3) is 39.6 Å². The predicted octanol–water partition coefficient (Wildman–Crippen LogP) is 4.21. The Labute approximate surface area is 203 Å². The number of rotatable bonds is 5. The molecule has 5 heterocycles. The number of nitrogens with zero attached hydrogens (tertiary/aromatic N) is 7. The number of aromatic amines is 1. The Morgan fingerprint density at radius 2 is 1.94 bits per heavy atom. The lowest BCUT2D eigenvalue weighted by Crippen LogP contribution is -2.18. The highest BCUT2D eigenvalue weighted by atomic mass is 16.5. The number of hydrogen-bond acceptors (Lipinski definition) is 8. The van der Waals surface area contributed by atoms with Gasteiger partial charge in [-0.3, -0.25) is 14.9 Å². The minimum absolute atomic E-state index is 0.218. The number of nitrogens with one attached hydrogen (secondary N) is 3. The van der Waals surface area contributed by atoms with E-state index in [9.17, 15) is 4.79 Å². The topological polar surface area (TPSA) is 152 Å². The molecule has 0 aliphatic rings. The number of urea groups is 1. The van der Waals surface area contributed by atoms with Gasteiger partial charge in [-0.25, -0.2) is 24.7 Å². The average Bonchev–Trinajstić information content (AvgIpc) is 3.64. The highest BCUT2D eigenvalue weighted by Crippen LogP contribution is 2.24. The minimum atomic E-state index is -0.462. The van der Waals surface area contributed by atoms with E-state index in [1.165, 1.54) is 6.33 Å². The summed E-state index contributed by atoms with van der Waals surface area (Å²) in [6.07, 6.45) is 8.38. The van der Waals surface area contributed by atoms with E-state index in [0.29, 0.717) is 34.2 Å². The first kappa shape index (κ1) is 21.2. The second-order valence-electron chi connectivity index (χ2n) is 7.88. The van der Waals surface area contributed by atoms with Gasteiger partial charge in [-0.1, -0.05) is 5.16 Å². The van der Waals surface area contributed by atoms with Crippen molar-refractivity contribution in [2.24, 2.45) is 0 Å². The summed E-state index contributed by atoms with van der Waals surface area (Å²) in [5.74, 6) is 1.51. The molecule has 6 aromatic rings. The van der Waals surface area contributed by atoms with E-state index in [1.54, 1.807) is 43.0 Å². The normalized spacial score (nSPS) is 11.0. The van der Waals surface area contributed by atoms with Crippen LogP contribution in [0.1, 0.15) is 5.69 Å². The second-order valence-corrected chi connectivity index (χ2v) is 7.88. The fourth-order valence-electron chi connectivity index (χ4n) is 3.66. The number of anilines is 2. The number of hydrogen-bond donors (Lipinski definition) is 3. The van der Waals surface area contributed by atoms with E-state index < -0.39 is 6.03 Å². The van der Waals surface area contributed by atoms with Crippen LogP contribution < -0.4 is 10.6 Å². The fourth-order valence-corrected chi connectivity index (χ4v) is 3.66. The molecule has 0 bridgehead atoms. The summed E-state index contributed by atoms with van der Waals surface area (Å²) in [6, 6.07) is 12.0. The summed E-state index contributed by atoms with van der Waals surface area (Å²) in [5, 5.41) is 9.35. The molecule has 12 nitrogen and oxygen atoms in total. The van der Waals surface area contributed by atoms with Gasteiger partial charge in [0.05, 0.1) is 5.69 Å². The van der Waals surface area contributed by atoms with Crippen LogP contribution in [0.15, 0.2) is 78.2 Å². The van der Waals surface area contributed by atoms with E-state index in [0.717, 1.165) is 16.8 Å². The van der Waals surface area contributed by atoms with E-state index in [-0.39, 0.29) is 5.88 Å². The van der Waals surface area contributed by atoms with Gasteiger partial charge >= 0.3 is 6.03 Å². The molecule has 0 saturated heterocycles. The van der Waals surface area contributed by atoms with Crippen LogP contribution in [0.5, 0.6) is 0 Å². The molecule has 176 valence electrons. The molecule has 0 spiro atoms. The van der Waals surface area contributed by atoms with Crippen molar-refractivity contribution in [3.8, 4) is 28.5 Å². The minimum Gasteiger partial charge on any atom is -0.338 e. The number of pyridine rings is 1. The predicted molar refractivity (Wildman–Crippen MR) is 131 cm³/mol. The Kier molecular flexibility index (Phi) is 5.15. The van der Waals surface area contributed by atoms with Crippen molar-refractivity contribution in [1.29, 1.82) is 0 Å². The van der Waals surface area contributed by atoms with Crippen LogP contribution in [0.2, 0.25) is 0 Å². The summed E-state index contributed by atoms with van der Waals surface area (Å²) >= 11 is 0. The molecule has 0 unspecified atom stereocenters. The molecule has 36 heavy (non-hydrogen) atoms. The number of carbonyl (C=O) groups excluding carboxylic acids is 1. The first-order valence-corrected chi connectivity index (χ1v) is 10.9. The van der Waals surface area contributed by atoms with Crippen LogP contribution in [-0.4, -0.2) is 45.7 Å². The number of H-pyrrole nitrogens is 1. The maximum Gasteiger partial charge on any atom is 0.326 e. The molecular formula is C24H18N10O2. The summed E-state index contributed by atoms with van der Waals surface area (Å²) < 4.78 is 7.02. The van der Waals surface area contributed by atoms with Gasteiger partial charge < -0.3 is 14.8 Å². The van der Waals surface area contributed by atoms with Crippen LogP contribution in [-0.2, 0) is 0 Å². The molecule has 0 saturated carbocycles. The third kappa shape index (κ3) is 4.14. The number of aryl methyl sites for hydroxylation is 1. The standard InChI is InChI=1S/C24H18N10O2/c1-14-11-34(13-28-14)23-20-22(26-12-27-23)32-21(31-20)15-4-6-17(7-5-15)29-24(35)30-19-9-18(33-36-19)16-3-2-8-25-10-16/h2-13H,1H3,(H2,29,30,35)(H,26,27,31,32). The van der Waals surface area contributed by atoms with Crippen LogP contribution in [0.4, 0.5) is 16.4 Å². The average molecular weight is 478 g/mol. The smallest absolute Gasteiger partial charge is 0.326 e. The van der Waals surface area contributed by atoms with Crippen molar-refractivity contribution >= 4 is 28.8 Å². The quantitative estimate of drug-likeness (QED) is 0.333. The molecule has 5 aromatic heterocycles. The summed E-state index contributed by atoms with van der Waals surface area (Å²) in [7, 11) is 0. The third-order valence-electron chi connectivity index (χ3n) is 5.35. The highest BCUT2D eigenvalue weighted by molar-refractivity contribution is 5.99. The number of fused-ring (bicyclic) bond motifs is 1. The SMILES string of the molecule is Cc1cn(-c2ncnc3nc(-c4ccc(NC(=O)Nc5cc(-c6cccnc6)no5)cc4)[nH]c23)cn1. The van der Waals surface area contributed by atoms with Gasteiger partial charge in [0.2, 0.25) is 5.88 Å². The zero-order chi connectivity index (χ0) is 24.5. The van der Waals surface area contributed by atoms with Gasteiger partial charge in [-0.2, -0.15) is 0 Å². The maximum atomic E-state index is 12.4. The van der Waals surface area contributed by atoms with Gasteiger partial charge in [0.1, 0.15) is 29.7 Å². The Bertz CT molecular complexity index is 1670. The van der Waals surface area contributed by atoms with Crippen LogP contribution in [0, 0.1) is 6.92 Å². The van der Waals surface area contributed by atoms with Crippen LogP contribution in [0.3, 0.4) is 0 Å². The monoisotopic (exact) mass is 478 g/mol.